The molecule has 0 atom stereocenters. The Labute approximate surface area is 93.9 Å². The molecule has 0 amide bonds. The molecule has 0 aromatic rings. The second kappa shape index (κ2) is 13.7. The van der Waals surface area contributed by atoms with Crippen LogP contribution >= 0.6 is 49.6 Å². The molecule has 1 aliphatic rings. The molecule has 74 valence electrons. The van der Waals surface area contributed by atoms with Crippen LogP contribution in [-0.4, -0.2) is 25.0 Å². The summed E-state index contributed by atoms with van der Waals surface area (Å²) in [6.07, 6.45) is 4.28. The molecule has 0 N–H and O–H groups in total. The van der Waals surface area contributed by atoms with E-state index < -0.39 is 0 Å². The smallest absolute Gasteiger partial charge is 0.00218 e. The fourth-order valence-electron chi connectivity index (χ4n) is 1.05. The zero-order valence-corrected chi connectivity index (χ0v) is 9.88. The highest BCUT2D eigenvalue weighted by Crippen LogP contribution is 2.04. The molecule has 5 heteroatoms. The van der Waals surface area contributed by atoms with Gasteiger partial charge >= 0.3 is 0 Å². The van der Waals surface area contributed by atoms with Crippen LogP contribution in [0.2, 0.25) is 0 Å². The molecule has 0 spiro atoms. The van der Waals surface area contributed by atoms with E-state index in [1.807, 2.05) is 0 Å². The van der Waals surface area contributed by atoms with Gasteiger partial charge in [-0.25, -0.2) is 0 Å². The monoisotopic (exact) mass is 243 g/mol. The van der Waals surface area contributed by atoms with E-state index >= 15 is 0 Å². The molecule has 1 rings (SSSR count). The van der Waals surface area contributed by atoms with Crippen LogP contribution in [0.5, 0.6) is 0 Å². The summed E-state index contributed by atoms with van der Waals surface area (Å²) < 4.78 is 0. The Hall–Kier alpha value is 1.12. The van der Waals surface area contributed by atoms with Crippen LogP contribution in [0.1, 0.15) is 19.3 Å². The number of hydrogen-bond acceptors (Lipinski definition) is 1. The molecule has 0 bridgehead atoms. The summed E-state index contributed by atoms with van der Waals surface area (Å²) in [5.74, 6) is 0. The zero-order valence-electron chi connectivity index (χ0n) is 6.62. The third kappa shape index (κ3) is 11.1. The number of likely N-dealkylation sites (tertiary alicyclic amines) is 1. The van der Waals surface area contributed by atoms with Crippen molar-refractivity contribution >= 4 is 49.6 Å². The van der Waals surface area contributed by atoms with Gasteiger partial charge in [0.2, 0.25) is 0 Å². The molecule has 0 saturated carbocycles. The van der Waals surface area contributed by atoms with E-state index in [0.29, 0.717) is 0 Å². The lowest BCUT2D eigenvalue weighted by Gasteiger charge is -2.20. The van der Waals surface area contributed by atoms with Crippen LogP contribution in [0.15, 0.2) is 0 Å². The minimum absolute atomic E-state index is 0. The zero-order chi connectivity index (χ0) is 5.11. The Balaban J connectivity index is -0.0000000612. The molecule has 0 aromatic carbocycles. The Kier molecular flexibility index (Phi) is 28.3. The first kappa shape index (κ1) is 22.7. The van der Waals surface area contributed by atoms with Crippen LogP contribution in [0.4, 0.5) is 0 Å². The highest BCUT2D eigenvalue weighted by atomic mass is 35.5. The van der Waals surface area contributed by atoms with Gasteiger partial charge < -0.3 is 4.90 Å². The van der Waals surface area contributed by atoms with Crippen molar-refractivity contribution in [2.24, 2.45) is 0 Å². The van der Waals surface area contributed by atoms with Crippen molar-refractivity contribution in [2.75, 3.05) is 20.1 Å². The maximum absolute atomic E-state index is 2.39. The van der Waals surface area contributed by atoms with Gasteiger partial charge in [0.05, 0.1) is 0 Å². The number of hydrogen-bond donors (Lipinski definition) is 0. The van der Waals surface area contributed by atoms with Crippen molar-refractivity contribution in [2.45, 2.75) is 19.3 Å². The maximum Gasteiger partial charge on any atom is -0.00218 e. The summed E-state index contributed by atoms with van der Waals surface area (Å²) in [6, 6.07) is 0. The van der Waals surface area contributed by atoms with Gasteiger partial charge in [-0.05, 0) is 33.0 Å². The van der Waals surface area contributed by atoms with E-state index in [2.05, 4.69) is 11.9 Å². The standard InChI is InChI=1S/C6H13N.4ClH/c1-7-5-3-2-4-6-7;;;;/h2-6H2,1H3;4*1H. The van der Waals surface area contributed by atoms with Crippen LogP contribution in [0.3, 0.4) is 0 Å². The Bertz CT molecular complexity index is 56.5. The third-order valence-electron chi connectivity index (χ3n) is 1.58. The molecule has 0 unspecified atom stereocenters. The lowest BCUT2D eigenvalue weighted by atomic mass is 10.1. The number of piperidine rings is 1. The highest BCUT2D eigenvalue weighted by molar-refractivity contribution is 5.86. The van der Waals surface area contributed by atoms with Crippen LogP contribution in [0, 0.1) is 0 Å². The SMILES string of the molecule is CN1CCCCC1.Cl.Cl.Cl.Cl. The van der Waals surface area contributed by atoms with Crippen molar-refractivity contribution in [1.29, 1.82) is 0 Å². The van der Waals surface area contributed by atoms with Crippen LogP contribution < -0.4 is 0 Å². The van der Waals surface area contributed by atoms with Crippen LogP contribution in [-0.2, 0) is 0 Å². The van der Waals surface area contributed by atoms with E-state index in [1.165, 1.54) is 32.4 Å². The van der Waals surface area contributed by atoms with Gasteiger partial charge in [0.1, 0.15) is 0 Å². The lowest BCUT2D eigenvalue weighted by molar-refractivity contribution is 0.277. The van der Waals surface area contributed by atoms with Crippen molar-refractivity contribution in [3.8, 4) is 0 Å². The molecule has 1 aliphatic heterocycles. The lowest BCUT2D eigenvalue weighted by Crippen LogP contribution is -2.24. The van der Waals surface area contributed by atoms with E-state index in [1.54, 1.807) is 0 Å². The molecule has 0 radical (unpaired) electrons. The number of nitrogens with zero attached hydrogens (tertiary/aromatic N) is 1. The summed E-state index contributed by atoms with van der Waals surface area (Å²) in [4.78, 5) is 2.39. The average molecular weight is 245 g/mol. The molecule has 0 aromatic heterocycles. The first-order chi connectivity index (χ1) is 3.39. The van der Waals surface area contributed by atoms with Gasteiger partial charge in [-0.3, -0.25) is 0 Å². The Morgan fingerprint density at radius 2 is 1.09 bits per heavy atom. The summed E-state index contributed by atoms with van der Waals surface area (Å²) in [5.41, 5.74) is 0. The summed E-state index contributed by atoms with van der Waals surface area (Å²) >= 11 is 0. The fraction of sp³-hybridized carbons (Fsp3) is 1.00. The molecule has 1 fully saturated rings. The largest absolute Gasteiger partial charge is 0.306 e. The molecule has 11 heavy (non-hydrogen) atoms. The molecule has 1 heterocycles. The van der Waals surface area contributed by atoms with Gasteiger partial charge in [0, 0.05) is 0 Å². The highest BCUT2D eigenvalue weighted by Gasteiger charge is 2.02. The van der Waals surface area contributed by atoms with Gasteiger partial charge in [0.25, 0.3) is 0 Å². The predicted molar refractivity (Wildman–Crippen MR) is 60.3 cm³/mol. The molecular formula is C6H17Cl4N. The minimum Gasteiger partial charge on any atom is -0.306 e. The molecule has 0 aliphatic carbocycles. The summed E-state index contributed by atoms with van der Waals surface area (Å²) in [6.45, 7) is 2.64. The Morgan fingerprint density at radius 1 is 0.727 bits per heavy atom. The molecule has 1 saturated heterocycles. The van der Waals surface area contributed by atoms with Crippen LogP contribution in [0.25, 0.3) is 0 Å². The van der Waals surface area contributed by atoms with E-state index in [-0.39, 0.29) is 49.6 Å². The summed E-state index contributed by atoms with van der Waals surface area (Å²) in [7, 11) is 2.19. The summed E-state index contributed by atoms with van der Waals surface area (Å²) in [5, 5.41) is 0. The van der Waals surface area contributed by atoms with E-state index in [9.17, 15) is 0 Å². The first-order valence-electron chi connectivity index (χ1n) is 3.08. The normalized spacial score (nSPS) is 16.1. The number of rotatable bonds is 0. The second-order valence-corrected chi connectivity index (χ2v) is 2.36. The molecule has 1 nitrogen and oxygen atoms in total. The predicted octanol–water partition coefficient (Wildman–Crippen LogP) is 2.79. The topological polar surface area (TPSA) is 3.24 Å². The molecular weight excluding hydrogens is 228 g/mol. The van der Waals surface area contributed by atoms with Gasteiger partial charge in [-0.15, -0.1) is 49.6 Å². The second-order valence-electron chi connectivity index (χ2n) is 2.36. The maximum atomic E-state index is 2.39. The minimum atomic E-state index is 0. The van der Waals surface area contributed by atoms with Crippen molar-refractivity contribution in [3.63, 3.8) is 0 Å². The van der Waals surface area contributed by atoms with E-state index in [0.717, 1.165) is 0 Å². The Morgan fingerprint density at radius 3 is 1.27 bits per heavy atom. The average Bonchev–Trinajstić information content (AvgIpc) is 1.69. The van der Waals surface area contributed by atoms with Gasteiger partial charge in [0.15, 0.2) is 0 Å². The van der Waals surface area contributed by atoms with Crippen molar-refractivity contribution in [3.05, 3.63) is 0 Å². The van der Waals surface area contributed by atoms with Gasteiger partial charge in [-0.1, -0.05) is 6.42 Å². The van der Waals surface area contributed by atoms with E-state index in [4.69, 9.17) is 0 Å². The van der Waals surface area contributed by atoms with Crippen molar-refractivity contribution in [1.82, 2.24) is 4.90 Å². The third-order valence-corrected chi connectivity index (χ3v) is 1.58. The fourth-order valence-corrected chi connectivity index (χ4v) is 1.05. The first-order valence-corrected chi connectivity index (χ1v) is 3.08. The number of halogens is 4. The van der Waals surface area contributed by atoms with Crippen molar-refractivity contribution < 1.29 is 0 Å². The van der Waals surface area contributed by atoms with Gasteiger partial charge in [-0.2, -0.15) is 0 Å². The quantitative estimate of drug-likeness (QED) is 0.634.